The normalized spacial score (nSPS) is 30.1. The molecule has 24 heavy (non-hydrogen) atoms. The van der Waals surface area contributed by atoms with E-state index in [-0.39, 0.29) is 18.6 Å². The molecule has 1 aromatic rings. The van der Waals surface area contributed by atoms with Gasteiger partial charge >= 0.3 is 12.0 Å². The van der Waals surface area contributed by atoms with Gasteiger partial charge in [-0.05, 0) is 37.7 Å². The number of benzene rings is 1. The maximum absolute atomic E-state index is 12.3. The van der Waals surface area contributed by atoms with Crippen LogP contribution in [0.1, 0.15) is 37.7 Å². The third kappa shape index (κ3) is 3.53. The van der Waals surface area contributed by atoms with Crippen molar-refractivity contribution in [1.29, 1.82) is 0 Å². The molecule has 1 heterocycles. The molecule has 1 saturated heterocycles. The number of nitrogens with one attached hydrogen (secondary N) is 1. The summed E-state index contributed by atoms with van der Waals surface area (Å²) in [7, 11) is 0. The van der Waals surface area contributed by atoms with Gasteiger partial charge in [-0.2, -0.15) is 0 Å². The van der Waals surface area contributed by atoms with E-state index in [1.165, 1.54) is 0 Å². The lowest BCUT2D eigenvalue weighted by Gasteiger charge is -2.37. The molecule has 2 aliphatic rings. The minimum atomic E-state index is -0.837. The molecule has 6 heteroatoms. The van der Waals surface area contributed by atoms with Gasteiger partial charge in [0.05, 0.1) is 11.5 Å². The van der Waals surface area contributed by atoms with Crippen molar-refractivity contribution in [1.82, 2.24) is 10.2 Å². The molecular formula is C18H24N2O4. The molecule has 0 radical (unpaired) electrons. The van der Waals surface area contributed by atoms with E-state index < -0.39 is 17.5 Å². The molecule has 0 aromatic heterocycles. The maximum atomic E-state index is 12.3. The molecule has 1 saturated carbocycles. The first-order valence-corrected chi connectivity index (χ1v) is 8.54. The van der Waals surface area contributed by atoms with Crippen molar-refractivity contribution >= 4 is 12.0 Å². The summed E-state index contributed by atoms with van der Waals surface area (Å²) in [6, 6.07) is 9.50. The van der Waals surface area contributed by atoms with Crippen LogP contribution >= 0.6 is 0 Å². The van der Waals surface area contributed by atoms with Gasteiger partial charge in [-0.3, -0.25) is 4.79 Å². The average molecular weight is 332 g/mol. The first-order chi connectivity index (χ1) is 11.5. The Morgan fingerprint density at radius 3 is 2.38 bits per heavy atom. The summed E-state index contributed by atoms with van der Waals surface area (Å²) >= 11 is 0. The smallest absolute Gasteiger partial charge is 0.317 e. The fourth-order valence-electron chi connectivity index (χ4n) is 3.69. The van der Waals surface area contributed by atoms with Crippen LogP contribution < -0.4 is 5.32 Å². The lowest BCUT2D eigenvalue weighted by atomic mass is 9.78. The number of carbonyl (C=O) groups excluding carboxylic acids is 1. The molecule has 6 nitrogen and oxygen atoms in total. The van der Waals surface area contributed by atoms with Gasteiger partial charge in [0.1, 0.15) is 0 Å². The average Bonchev–Trinajstić information content (AvgIpc) is 3.08. The van der Waals surface area contributed by atoms with Gasteiger partial charge in [-0.25, -0.2) is 4.79 Å². The monoisotopic (exact) mass is 332 g/mol. The number of likely N-dealkylation sites (tertiary alicyclic amines) is 1. The summed E-state index contributed by atoms with van der Waals surface area (Å²) in [4.78, 5) is 24.8. The van der Waals surface area contributed by atoms with E-state index in [0.29, 0.717) is 38.6 Å². The first kappa shape index (κ1) is 16.8. The molecule has 1 aliphatic heterocycles. The summed E-state index contributed by atoms with van der Waals surface area (Å²) in [5, 5.41) is 22.8. The highest BCUT2D eigenvalue weighted by atomic mass is 16.4. The van der Waals surface area contributed by atoms with E-state index >= 15 is 0 Å². The number of amides is 2. The second kappa shape index (κ2) is 6.81. The molecule has 1 aliphatic carbocycles. The second-order valence-electron chi connectivity index (χ2n) is 6.89. The number of carboxylic acid groups (broad SMARTS) is 1. The number of nitrogens with zero attached hydrogens (tertiary/aromatic N) is 1. The number of carbonyl (C=O) groups is 2. The van der Waals surface area contributed by atoms with Gasteiger partial charge in [0.25, 0.3) is 0 Å². The third-order valence-electron chi connectivity index (χ3n) is 5.28. The van der Waals surface area contributed by atoms with Gasteiger partial charge in [-0.1, -0.05) is 30.3 Å². The predicted molar refractivity (Wildman–Crippen MR) is 88.4 cm³/mol. The summed E-state index contributed by atoms with van der Waals surface area (Å²) in [5.41, 5.74) is 0.114. The van der Waals surface area contributed by atoms with E-state index in [0.717, 1.165) is 5.56 Å². The van der Waals surface area contributed by atoms with E-state index in [1.807, 2.05) is 30.3 Å². The number of hydrogen-bond acceptors (Lipinski definition) is 3. The number of rotatable bonds is 3. The molecule has 0 spiro atoms. The number of hydrogen-bond donors (Lipinski definition) is 3. The van der Waals surface area contributed by atoms with Gasteiger partial charge in [-0.15, -0.1) is 0 Å². The van der Waals surface area contributed by atoms with Crippen LogP contribution in [0.3, 0.4) is 0 Å². The lowest BCUT2D eigenvalue weighted by molar-refractivity contribution is -0.141. The van der Waals surface area contributed by atoms with Crippen LogP contribution in [-0.4, -0.2) is 46.2 Å². The van der Waals surface area contributed by atoms with Crippen molar-refractivity contribution in [3.63, 3.8) is 0 Å². The Labute approximate surface area is 141 Å². The highest BCUT2D eigenvalue weighted by molar-refractivity contribution is 5.77. The maximum Gasteiger partial charge on any atom is 0.317 e. The fourth-order valence-corrected chi connectivity index (χ4v) is 3.69. The molecule has 130 valence electrons. The predicted octanol–water partition coefficient (Wildman–Crippen LogP) is 1.93. The van der Waals surface area contributed by atoms with Crippen molar-refractivity contribution in [3.05, 3.63) is 35.9 Å². The summed E-state index contributed by atoms with van der Waals surface area (Å²) in [6.45, 7) is 0.769. The van der Waals surface area contributed by atoms with E-state index in [4.69, 9.17) is 5.11 Å². The van der Waals surface area contributed by atoms with Crippen LogP contribution in [0.15, 0.2) is 30.3 Å². The quantitative estimate of drug-likeness (QED) is 0.789. The van der Waals surface area contributed by atoms with Gasteiger partial charge < -0.3 is 20.4 Å². The summed E-state index contributed by atoms with van der Waals surface area (Å²) in [5.74, 6) is -1.29. The third-order valence-corrected chi connectivity index (χ3v) is 5.28. The van der Waals surface area contributed by atoms with Crippen molar-refractivity contribution < 1.29 is 19.8 Å². The van der Waals surface area contributed by atoms with Gasteiger partial charge in [0, 0.05) is 19.1 Å². The zero-order valence-corrected chi connectivity index (χ0v) is 13.6. The van der Waals surface area contributed by atoms with E-state index in [9.17, 15) is 14.7 Å². The Hall–Kier alpha value is -2.08. The lowest BCUT2D eigenvalue weighted by Crippen LogP contribution is -2.47. The van der Waals surface area contributed by atoms with Gasteiger partial charge in [0.15, 0.2) is 0 Å². The van der Waals surface area contributed by atoms with E-state index in [1.54, 1.807) is 4.90 Å². The number of urea groups is 1. The van der Waals surface area contributed by atoms with Crippen LogP contribution in [0.5, 0.6) is 0 Å². The molecule has 1 aromatic carbocycles. The SMILES string of the molecule is O=C(O)C1CCN(C(=O)NC2CCC(O)(c3ccccc3)CC2)C1. The van der Waals surface area contributed by atoms with Crippen molar-refractivity contribution in [2.24, 2.45) is 5.92 Å². The van der Waals surface area contributed by atoms with Crippen LogP contribution in [0, 0.1) is 5.92 Å². The molecule has 2 fully saturated rings. The number of aliphatic hydroxyl groups is 1. The van der Waals surface area contributed by atoms with Crippen molar-refractivity contribution in [2.45, 2.75) is 43.7 Å². The number of carboxylic acids is 1. The van der Waals surface area contributed by atoms with Crippen LogP contribution in [0.2, 0.25) is 0 Å². The largest absolute Gasteiger partial charge is 0.481 e. The standard InChI is InChI=1S/C18H24N2O4/c21-16(22)13-8-11-20(12-13)17(23)19-15-6-9-18(24,10-7-15)14-4-2-1-3-5-14/h1-5,13,15,24H,6-12H2,(H,19,23)(H,21,22). The fraction of sp³-hybridized carbons (Fsp3) is 0.556. The molecule has 1 unspecified atom stereocenters. The second-order valence-corrected chi connectivity index (χ2v) is 6.89. The van der Waals surface area contributed by atoms with Crippen LogP contribution in [0.25, 0.3) is 0 Å². The van der Waals surface area contributed by atoms with Crippen molar-refractivity contribution in [3.8, 4) is 0 Å². The Balaban J connectivity index is 1.51. The van der Waals surface area contributed by atoms with Crippen LogP contribution in [-0.2, 0) is 10.4 Å². The molecule has 3 N–H and O–H groups in total. The summed E-state index contributed by atoms with van der Waals surface area (Å²) < 4.78 is 0. The Morgan fingerprint density at radius 2 is 1.79 bits per heavy atom. The Kier molecular flexibility index (Phi) is 4.76. The zero-order chi connectivity index (χ0) is 17.2. The van der Waals surface area contributed by atoms with Crippen LogP contribution in [0.4, 0.5) is 4.79 Å². The summed E-state index contributed by atoms with van der Waals surface area (Å²) in [6.07, 6.45) is 3.17. The Morgan fingerprint density at radius 1 is 1.12 bits per heavy atom. The molecule has 3 rings (SSSR count). The molecule has 2 amide bonds. The number of aliphatic carboxylic acids is 1. The molecular weight excluding hydrogens is 308 g/mol. The molecule has 1 atom stereocenters. The highest BCUT2D eigenvalue weighted by Crippen LogP contribution is 2.37. The minimum absolute atomic E-state index is 0.0327. The van der Waals surface area contributed by atoms with Crippen molar-refractivity contribution in [2.75, 3.05) is 13.1 Å². The Bertz CT molecular complexity index is 596. The zero-order valence-electron chi connectivity index (χ0n) is 13.6. The van der Waals surface area contributed by atoms with Gasteiger partial charge in [0.2, 0.25) is 0 Å². The topological polar surface area (TPSA) is 89.9 Å². The van der Waals surface area contributed by atoms with E-state index in [2.05, 4.69) is 5.32 Å². The first-order valence-electron chi connectivity index (χ1n) is 8.54. The molecule has 0 bridgehead atoms. The minimum Gasteiger partial charge on any atom is -0.481 e. The highest BCUT2D eigenvalue weighted by Gasteiger charge is 2.36.